The first-order valence-corrected chi connectivity index (χ1v) is 6.57. The number of aromatic nitrogens is 1. The van der Waals surface area contributed by atoms with Crippen molar-refractivity contribution in [3.8, 4) is 5.88 Å². The first-order chi connectivity index (χ1) is 10.3. The van der Waals surface area contributed by atoms with Crippen molar-refractivity contribution in [2.45, 2.75) is 0 Å². The van der Waals surface area contributed by atoms with Gasteiger partial charge >= 0.3 is 0 Å². The highest BCUT2D eigenvalue weighted by molar-refractivity contribution is 6.09. The molecule has 0 aliphatic rings. The minimum absolute atomic E-state index is 0.193. The highest BCUT2D eigenvalue weighted by Crippen LogP contribution is 2.23. The van der Waals surface area contributed by atoms with Crippen LogP contribution < -0.4 is 10.1 Å². The molecule has 3 rings (SSSR count). The third kappa shape index (κ3) is 2.69. The van der Waals surface area contributed by atoms with Crippen molar-refractivity contribution in [3.05, 3.63) is 66.4 Å². The molecule has 0 aliphatic heterocycles. The van der Waals surface area contributed by atoms with E-state index in [4.69, 9.17) is 4.74 Å². The molecule has 1 heterocycles. The Balaban J connectivity index is 1.89. The number of rotatable bonds is 3. The van der Waals surface area contributed by atoms with Crippen LogP contribution in [-0.4, -0.2) is 18.0 Å². The number of nitrogens with one attached hydrogen (secondary N) is 1. The lowest BCUT2D eigenvalue weighted by molar-refractivity contribution is 0.102. The second-order valence-electron chi connectivity index (χ2n) is 4.57. The van der Waals surface area contributed by atoms with Crippen molar-refractivity contribution >= 4 is 22.4 Å². The maximum atomic E-state index is 12.3. The summed E-state index contributed by atoms with van der Waals surface area (Å²) in [4.78, 5) is 16.3. The lowest BCUT2D eigenvalue weighted by atomic mass is 10.1. The van der Waals surface area contributed by atoms with Gasteiger partial charge in [0.15, 0.2) is 0 Å². The molecule has 4 heteroatoms. The maximum Gasteiger partial charge on any atom is 0.257 e. The lowest BCUT2D eigenvalue weighted by Gasteiger charge is -2.08. The van der Waals surface area contributed by atoms with Gasteiger partial charge in [-0.25, -0.2) is 4.98 Å². The summed E-state index contributed by atoms with van der Waals surface area (Å²) in [5.41, 5.74) is 1.28. The van der Waals surface area contributed by atoms with Crippen molar-refractivity contribution in [2.24, 2.45) is 0 Å². The highest BCUT2D eigenvalue weighted by Gasteiger charge is 2.08. The van der Waals surface area contributed by atoms with Gasteiger partial charge < -0.3 is 10.1 Å². The van der Waals surface area contributed by atoms with E-state index < -0.39 is 0 Å². The van der Waals surface area contributed by atoms with Gasteiger partial charge in [-0.1, -0.05) is 36.4 Å². The molecule has 0 aliphatic carbocycles. The predicted molar refractivity (Wildman–Crippen MR) is 82.7 cm³/mol. The molecule has 0 spiro atoms. The molecule has 0 bridgehead atoms. The summed E-state index contributed by atoms with van der Waals surface area (Å²) in [6.07, 6.45) is 1.50. The van der Waals surface area contributed by atoms with Crippen LogP contribution in [0.25, 0.3) is 10.8 Å². The Kier molecular flexibility index (Phi) is 3.51. The van der Waals surface area contributed by atoms with Gasteiger partial charge in [-0.2, -0.15) is 0 Å². The predicted octanol–water partition coefficient (Wildman–Crippen LogP) is 3.50. The molecule has 21 heavy (non-hydrogen) atoms. The van der Waals surface area contributed by atoms with E-state index in [0.717, 1.165) is 16.5 Å². The van der Waals surface area contributed by atoms with Crippen LogP contribution in [0.5, 0.6) is 5.88 Å². The topological polar surface area (TPSA) is 51.2 Å². The summed E-state index contributed by atoms with van der Waals surface area (Å²) in [6, 6.07) is 17.1. The summed E-state index contributed by atoms with van der Waals surface area (Å²) in [5, 5.41) is 5.01. The summed E-state index contributed by atoms with van der Waals surface area (Å²) < 4.78 is 4.98. The molecule has 104 valence electrons. The van der Waals surface area contributed by atoms with Gasteiger partial charge in [-0.15, -0.1) is 0 Å². The summed E-state index contributed by atoms with van der Waals surface area (Å²) in [6.45, 7) is 0. The normalized spacial score (nSPS) is 10.3. The molecule has 1 aromatic heterocycles. The minimum Gasteiger partial charge on any atom is -0.481 e. The number of carbonyl (C=O) groups is 1. The molecule has 2 aromatic carbocycles. The highest BCUT2D eigenvalue weighted by atomic mass is 16.5. The van der Waals surface area contributed by atoms with Crippen molar-refractivity contribution < 1.29 is 9.53 Å². The fourth-order valence-corrected chi connectivity index (χ4v) is 2.16. The Morgan fingerprint density at radius 1 is 1.05 bits per heavy atom. The molecule has 1 amide bonds. The molecule has 0 fully saturated rings. The van der Waals surface area contributed by atoms with E-state index in [0.29, 0.717) is 11.4 Å². The SMILES string of the molecule is COc1ccc(C(=O)Nc2cccc3ccccc23)cn1. The van der Waals surface area contributed by atoms with Crippen molar-refractivity contribution in [3.63, 3.8) is 0 Å². The minimum atomic E-state index is -0.193. The number of anilines is 1. The Morgan fingerprint density at radius 3 is 2.62 bits per heavy atom. The number of hydrogen-bond acceptors (Lipinski definition) is 3. The summed E-state index contributed by atoms with van der Waals surface area (Å²) in [7, 11) is 1.54. The summed E-state index contributed by atoms with van der Waals surface area (Å²) >= 11 is 0. The fraction of sp³-hybridized carbons (Fsp3) is 0.0588. The molecule has 0 radical (unpaired) electrons. The van der Waals surface area contributed by atoms with E-state index in [9.17, 15) is 4.79 Å². The number of pyridine rings is 1. The van der Waals surface area contributed by atoms with Crippen molar-refractivity contribution in [1.29, 1.82) is 0 Å². The fourth-order valence-electron chi connectivity index (χ4n) is 2.16. The zero-order chi connectivity index (χ0) is 14.7. The van der Waals surface area contributed by atoms with Crippen molar-refractivity contribution in [2.75, 3.05) is 12.4 Å². The second kappa shape index (κ2) is 5.63. The third-order valence-corrected chi connectivity index (χ3v) is 3.25. The van der Waals surface area contributed by atoms with E-state index >= 15 is 0 Å². The number of nitrogens with zero attached hydrogens (tertiary/aromatic N) is 1. The number of hydrogen-bond donors (Lipinski definition) is 1. The first-order valence-electron chi connectivity index (χ1n) is 6.57. The van der Waals surface area contributed by atoms with Gasteiger partial charge in [-0.05, 0) is 17.5 Å². The average Bonchev–Trinajstić information content (AvgIpc) is 2.55. The molecular formula is C17H14N2O2. The van der Waals surface area contributed by atoms with Gasteiger partial charge in [0.05, 0.1) is 12.7 Å². The number of ether oxygens (including phenoxy) is 1. The Labute approximate surface area is 122 Å². The third-order valence-electron chi connectivity index (χ3n) is 3.25. The van der Waals surface area contributed by atoms with Crippen LogP contribution in [0.15, 0.2) is 60.8 Å². The van der Waals surface area contributed by atoms with Crippen LogP contribution in [0.2, 0.25) is 0 Å². The van der Waals surface area contributed by atoms with E-state index in [-0.39, 0.29) is 5.91 Å². The molecule has 0 saturated heterocycles. The maximum absolute atomic E-state index is 12.3. The number of methoxy groups -OCH3 is 1. The molecule has 1 N–H and O–H groups in total. The van der Waals surface area contributed by atoms with Gasteiger partial charge in [0.25, 0.3) is 5.91 Å². The zero-order valence-corrected chi connectivity index (χ0v) is 11.5. The average molecular weight is 278 g/mol. The first kappa shape index (κ1) is 13.1. The molecule has 0 saturated carbocycles. The number of amides is 1. The molecule has 0 atom stereocenters. The van der Waals surface area contributed by atoms with Gasteiger partial charge in [0.1, 0.15) is 0 Å². The number of fused-ring (bicyclic) bond motifs is 1. The molecule has 0 unspecified atom stereocenters. The van der Waals surface area contributed by atoms with Crippen LogP contribution in [-0.2, 0) is 0 Å². The van der Waals surface area contributed by atoms with Crippen molar-refractivity contribution in [1.82, 2.24) is 4.98 Å². The Bertz CT molecular complexity index is 777. The summed E-state index contributed by atoms with van der Waals surface area (Å²) in [5.74, 6) is 0.290. The zero-order valence-electron chi connectivity index (χ0n) is 11.5. The smallest absolute Gasteiger partial charge is 0.257 e. The van der Waals surface area contributed by atoms with Gasteiger partial charge in [0.2, 0.25) is 5.88 Å². The second-order valence-corrected chi connectivity index (χ2v) is 4.57. The lowest BCUT2D eigenvalue weighted by Crippen LogP contribution is -2.12. The van der Waals surface area contributed by atoms with E-state index in [2.05, 4.69) is 10.3 Å². The van der Waals surface area contributed by atoms with Crippen LogP contribution in [0.1, 0.15) is 10.4 Å². The van der Waals surface area contributed by atoms with Gasteiger partial charge in [0, 0.05) is 23.3 Å². The quantitative estimate of drug-likeness (QED) is 0.797. The number of benzene rings is 2. The molecule has 4 nitrogen and oxygen atoms in total. The number of carbonyl (C=O) groups excluding carboxylic acids is 1. The monoisotopic (exact) mass is 278 g/mol. The van der Waals surface area contributed by atoms with Gasteiger partial charge in [-0.3, -0.25) is 4.79 Å². The van der Waals surface area contributed by atoms with Crippen LogP contribution in [0, 0.1) is 0 Å². The van der Waals surface area contributed by atoms with E-state index in [1.165, 1.54) is 13.3 Å². The standard InChI is InChI=1S/C17H14N2O2/c1-21-16-10-9-13(11-18-16)17(20)19-15-8-4-6-12-5-2-3-7-14(12)15/h2-11H,1H3,(H,19,20). The Morgan fingerprint density at radius 2 is 1.86 bits per heavy atom. The Hall–Kier alpha value is -2.88. The van der Waals surface area contributed by atoms with E-state index in [1.54, 1.807) is 12.1 Å². The molecular weight excluding hydrogens is 264 g/mol. The van der Waals surface area contributed by atoms with Crippen LogP contribution >= 0.6 is 0 Å². The van der Waals surface area contributed by atoms with Crippen LogP contribution in [0.3, 0.4) is 0 Å². The molecule has 3 aromatic rings. The van der Waals surface area contributed by atoms with E-state index in [1.807, 2.05) is 42.5 Å². The van der Waals surface area contributed by atoms with Crippen LogP contribution in [0.4, 0.5) is 5.69 Å². The largest absolute Gasteiger partial charge is 0.481 e.